The maximum Gasteiger partial charge on any atom is 0.123 e. The van der Waals surface area contributed by atoms with E-state index in [-0.39, 0.29) is 11.4 Å². The highest BCUT2D eigenvalue weighted by molar-refractivity contribution is 5.88. The summed E-state index contributed by atoms with van der Waals surface area (Å²) in [4.78, 5) is 0. The average molecular weight is 295 g/mol. The maximum atomic E-state index is 13.5. The Morgan fingerprint density at radius 2 is 1.77 bits per heavy atom. The van der Waals surface area contributed by atoms with Gasteiger partial charge in [0.2, 0.25) is 0 Å². The van der Waals surface area contributed by atoms with E-state index in [1.807, 2.05) is 6.07 Å². The smallest absolute Gasteiger partial charge is 0.123 e. The van der Waals surface area contributed by atoms with E-state index in [0.29, 0.717) is 5.56 Å². The first-order valence-corrected chi connectivity index (χ1v) is 7.49. The molecule has 0 aromatic heterocycles. The maximum absolute atomic E-state index is 13.5. The minimum Gasteiger partial charge on any atom is -0.384 e. The lowest BCUT2D eigenvalue weighted by Crippen LogP contribution is -2.31. The summed E-state index contributed by atoms with van der Waals surface area (Å²) in [6, 6.07) is 8.74. The summed E-state index contributed by atoms with van der Waals surface area (Å²) in [5, 5.41) is 14.0. The predicted molar refractivity (Wildman–Crippen MR) is 87.3 cm³/mol. The standard InChI is InChI=1S/C19H18FNO/c1-10-9-19(2,3)21-17-8-16-14(7-13(10)17)12-5-4-11(20)6-15(12)18(16)22/h4-9,18,21-22H,1-3H3. The Morgan fingerprint density at radius 3 is 2.55 bits per heavy atom. The number of aliphatic hydroxyl groups is 1. The molecule has 0 saturated carbocycles. The Kier molecular flexibility index (Phi) is 2.58. The van der Waals surface area contributed by atoms with E-state index in [1.165, 1.54) is 17.7 Å². The van der Waals surface area contributed by atoms with Gasteiger partial charge >= 0.3 is 0 Å². The number of benzene rings is 2. The number of hydrogen-bond acceptors (Lipinski definition) is 2. The van der Waals surface area contributed by atoms with Crippen LogP contribution in [0.2, 0.25) is 0 Å². The minimum absolute atomic E-state index is 0.117. The van der Waals surface area contributed by atoms with Crippen LogP contribution >= 0.6 is 0 Å². The molecule has 112 valence electrons. The summed E-state index contributed by atoms with van der Waals surface area (Å²) in [5.74, 6) is -0.314. The van der Waals surface area contributed by atoms with Crippen LogP contribution in [0.5, 0.6) is 0 Å². The fraction of sp³-hybridized carbons (Fsp3) is 0.263. The van der Waals surface area contributed by atoms with Crippen molar-refractivity contribution in [3.63, 3.8) is 0 Å². The van der Waals surface area contributed by atoms with Gasteiger partial charge < -0.3 is 10.4 Å². The Hall–Kier alpha value is -2.13. The van der Waals surface area contributed by atoms with Crippen LogP contribution in [0.15, 0.2) is 36.4 Å². The largest absolute Gasteiger partial charge is 0.384 e. The fourth-order valence-electron chi connectivity index (χ4n) is 3.68. The van der Waals surface area contributed by atoms with Crippen LogP contribution < -0.4 is 5.32 Å². The Labute approximate surface area is 129 Å². The van der Waals surface area contributed by atoms with Gasteiger partial charge in [-0.2, -0.15) is 0 Å². The van der Waals surface area contributed by atoms with Gasteiger partial charge in [0.25, 0.3) is 0 Å². The van der Waals surface area contributed by atoms with Gasteiger partial charge in [-0.05, 0) is 72.9 Å². The molecule has 0 bridgehead atoms. The lowest BCUT2D eigenvalue weighted by Gasteiger charge is -2.32. The van der Waals surface area contributed by atoms with E-state index in [1.54, 1.807) is 6.07 Å². The van der Waals surface area contributed by atoms with E-state index in [9.17, 15) is 9.50 Å². The number of rotatable bonds is 0. The molecule has 2 aromatic carbocycles. The molecule has 4 rings (SSSR count). The zero-order chi connectivity index (χ0) is 15.6. The number of aliphatic hydroxyl groups excluding tert-OH is 1. The number of hydrogen-bond donors (Lipinski definition) is 2. The van der Waals surface area contributed by atoms with Gasteiger partial charge in [-0.15, -0.1) is 0 Å². The van der Waals surface area contributed by atoms with Crippen molar-refractivity contribution in [3.05, 3.63) is 58.9 Å². The van der Waals surface area contributed by atoms with Gasteiger partial charge in [0, 0.05) is 11.3 Å². The molecule has 2 aromatic rings. The molecule has 0 spiro atoms. The van der Waals surface area contributed by atoms with Crippen LogP contribution in [0.4, 0.5) is 10.1 Å². The van der Waals surface area contributed by atoms with E-state index >= 15 is 0 Å². The number of anilines is 1. The number of nitrogens with one attached hydrogen (secondary N) is 1. The first-order valence-electron chi connectivity index (χ1n) is 7.49. The molecule has 3 heteroatoms. The summed E-state index contributed by atoms with van der Waals surface area (Å²) in [5.41, 5.74) is 6.67. The van der Waals surface area contributed by atoms with Crippen LogP contribution in [-0.4, -0.2) is 10.6 Å². The molecule has 1 heterocycles. The molecule has 1 aliphatic heterocycles. The van der Waals surface area contributed by atoms with Crippen LogP contribution in [0.25, 0.3) is 16.7 Å². The molecule has 22 heavy (non-hydrogen) atoms. The first-order chi connectivity index (χ1) is 10.4. The van der Waals surface area contributed by atoms with Crippen molar-refractivity contribution in [3.8, 4) is 11.1 Å². The lowest BCUT2D eigenvalue weighted by atomic mass is 9.88. The van der Waals surface area contributed by atoms with Crippen molar-refractivity contribution < 1.29 is 9.50 Å². The molecule has 2 nitrogen and oxygen atoms in total. The quantitative estimate of drug-likeness (QED) is 0.750. The molecule has 0 radical (unpaired) electrons. The third-order valence-electron chi connectivity index (χ3n) is 4.54. The third kappa shape index (κ3) is 1.82. The third-order valence-corrected chi connectivity index (χ3v) is 4.54. The second-order valence-electron chi connectivity index (χ2n) is 6.79. The number of halogens is 1. The van der Waals surface area contributed by atoms with Crippen LogP contribution in [0.3, 0.4) is 0 Å². The highest BCUT2D eigenvalue weighted by atomic mass is 19.1. The molecule has 2 N–H and O–H groups in total. The minimum atomic E-state index is -0.762. The second-order valence-corrected chi connectivity index (χ2v) is 6.79. The van der Waals surface area contributed by atoms with Gasteiger partial charge in [0.05, 0.1) is 5.54 Å². The van der Waals surface area contributed by atoms with Crippen molar-refractivity contribution in [2.45, 2.75) is 32.4 Å². The normalized spacial score (nSPS) is 20.6. The lowest BCUT2D eigenvalue weighted by molar-refractivity contribution is 0.225. The summed E-state index contributed by atoms with van der Waals surface area (Å²) < 4.78 is 13.5. The van der Waals surface area contributed by atoms with E-state index in [4.69, 9.17) is 0 Å². The summed E-state index contributed by atoms with van der Waals surface area (Å²) in [7, 11) is 0. The predicted octanol–water partition coefficient (Wildman–Crippen LogP) is 4.50. The average Bonchev–Trinajstić information content (AvgIpc) is 2.69. The summed E-state index contributed by atoms with van der Waals surface area (Å²) in [6.45, 7) is 6.34. The molecule has 1 aliphatic carbocycles. The topological polar surface area (TPSA) is 32.3 Å². The van der Waals surface area contributed by atoms with Crippen LogP contribution in [-0.2, 0) is 0 Å². The molecule has 0 saturated heterocycles. The van der Waals surface area contributed by atoms with Crippen molar-refractivity contribution in [1.82, 2.24) is 0 Å². The Bertz CT molecular complexity index is 836. The first kappa shape index (κ1) is 13.5. The zero-order valence-electron chi connectivity index (χ0n) is 12.9. The monoisotopic (exact) mass is 295 g/mol. The second kappa shape index (κ2) is 4.20. The molecular weight excluding hydrogens is 277 g/mol. The van der Waals surface area contributed by atoms with E-state index in [2.05, 4.69) is 38.2 Å². The van der Waals surface area contributed by atoms with Gasteiger partial charge in [0.1, 0.15) is 11.9 Å². The van der Waals surface area contributed by atoms with Gasteiger partial charge in [0.15, 0.2) is 0 Å². The number of allylic oxidation sites excluding steroid dienone is 1. The summed E-state index contributed by atoms with van der Waals surface area (Å²) >= 11 is 0. The van der Waals surface area contributed by atoms with Gasteiger partial charge in [-0.25, -0.2) is 4.39 Å². The van der Waals surface area contributed by atoms with Gasteiger partial charge in [-0.3, -0.25) is 0 Å². The Morgan fingerprint density at radius 1 is 1.05 bits per heavy atom. The highest BCUT2D eigenvalue weighted by Crippen LogP contribution is 2.47. The van der Waals surface area contributed by atoms with Crippen LogP contribution in [0.1, 0.15) is 43.6 Å². The van der Waals surface area contributed by atoms with Crippen LogP contribution in [0, 0.1) is 5.82 Å². The fourth-order valence-corrected chi connectivity index (χ4v) is 3.68. The molecule has 1 atom stereocenters. The van der Waals surface area contributed by atoms with Gasteiger partial charge in [-0.1, -0.05) is 12.1 Å². The SMILES string of the molecule is CC1=CC(C)(C)Nc2cc3c(cc21)-c1ccc(F)cc1C3O. The molecule has 2 aliphatic rings. The van der Waals surface area contributed by atoms with E-state index < -0.39 is 6.10 Å². The van der Waals surface area contributed by atoms with Crippen molar-refractivity contribution in [1.29, 1.82) is 0 Å². The molecule has 0 fully saturated rings. The zero-order valence-corrected chi connectivity index (χ0v) is 12.9. The highest BCUT2D eigenvalue weighted by Gasteiger charge is 2.31. The molecule has 0 amide bonds. The summed E-state index contributed by atoms with van der Waals surface area (Å²) in [6.07, 6.45) is 1.45. The van der Waals surface area contributed by atoms with Crippen molar-refractivity contribution in [2.24, 2.45) is 0 Å². The van der Waals surface area contributed by atoms with Crippen molar-refractivity contribution in [2.75, 3.05) is 5.32 Å². The van der Waals surface area contributed by atoms with Crippen molar-refractivity contribution >= 4 is 11.3 Å². The van der Waals surface area contributed by atoms with E-state index in [0.717, 1.165) is 27.9 Å². The molecule has 1 unspecified atom stereocenters. The molecular formula is C19H18FNO. The number of fused-ring (bicyclic) bond motifs is 4. The Balaban J connectivity index is 1.95.